The SMILES string of the molecule is CN1CCC(OC(=O)C(O)c2ccccc2)C1. The molecule has 0 spiro atoms. The first kappa shape index (κ1) is 12.1. The highest BCUT2D eigenvalue weighted by Gasteiger charge is 2.26. The molecule has 1 saturated heterocycles. The van der Waals surface area contributed by atoms with Crippen LogP contribution in [0.1, 0.15) is 18.1 Å². The van der Waals surface area contributed by atoms with E-state index in [1.54, 1.807) is 24.3 Å². The van der Waals surface area contributed by atoms with Gasteiger partial charge in [0.2, 0.25) is 0 Å². The van der Waals surface area contributed by atoms with Crippen molar-refractivity contribution in [1.29, 1.82) is 0 Å². The van der Waals surface area contributed by atoms with Crippen LogP contribution in [-0.4, -0.2) is 42.2 Å². The first-order valence-corrected chi connectivity index (χ1v) is 5.79. The summed E-state index contributed by atoms with van der Waals surface area (Å²) in [5.41, 5.74) is 0.573. The lowest BCUT2D eigenvalue weighted by molar-refractivity contribution is -0.158. The maximum Gasteiger partial charge on any atom is 0.339 e. The summed E-state index contributed by atoms with van der Waals surface area (Å²) >= 11 is 0. The Labute approximate surface area is 101 Å². The van der Waals surface area contributed by atoms with E-state index in [9.17, 15) is 9.90 Å². The molecule has 92 valence electrons. The van der Waals surface area contributed by atoms with E-state index in [0.29, 0.717) is 5.56 Å². The molecule has 0 amide bonds. The zero-order valence-corrected chi connectivity index (χ0v) is 9.87. The molecular weight excluding hydrogens is 218 g/mol. The third-order valence-corrected chi connectivity index (χ3v) is 2.97. The van der Waals surface area contributed by atoms with Crippen LogP contribution in [0.5, 0.6) is 0 Å². The van der Waals surface area contributed by atoms with Crippen molar-refractivity contribution in [3.8, 4) is 0 Å². The largest absolute Gasteiger partial charge is 0.459 e. The van der Waals surface area contributed by atoms with Gasteiger partial charge in [-0.2, -0.15) is 0 Å². The Bertz CT molecular complexity index is 380. The van der Waals surface area contributed by atoms with E-state index in [1.807, 2.05) is 13.1 Å². The molecule has 2 atom stereocenters. The second-order valence-corrected chi connectivity index (χ2v) is 4.42. The van der Waals surface area contributed by atoms with E-state index in [0.717, 1.165) is 19.5 Å². The van der Waals surface area contributed by atoms with Crippen LogP contribution in [0.3, 0.4) is 0 Å². The normalized spacial score (nSPS) is 22.4. The number of carbonyl (C=O) groups excluding carboxylic acids is 1. The average Bonchev–Trinajstić information content (AvgIpc) is 2.75. The third-order valence-electron chi connectivity index (χ3n) is 2.97. The molecule has 4 nitrogen and oxygen atoms in total. The Morgan fingerprint density at radius 3 is 2.76 bits per heavy atom. The Balaban J connectivity index is 1.92. The predicted octanol–water partition coefficient (Wildman–Crippen LogP) is 0.967. The number of aliphatic hydroxyl groups is 1. The number of likely N-dealkylation sites (N-methyl/N-ethyl adjacent to an activating group) is 1. The van der Waals surface area contributed by atoms with Gasteiger partial charge in [-0.25, -0.2) is 4.79 Å². The number of benzene rings is 1. The van der Waals surface area contributed by atoms with E-state index in [2.05, 4.69) is 4.90 Å². The lowest BCUT2D eigenvalue weighted by Gasteiger charge is -2.15. The number of esters is 1. The van der Waals surface area contributed by atoms with Gasteiger partial charge >= 0.3 is 5.97 Å². The molecule has 1 aromatic rings. The minimum Gasteiger partial charge on any atom is -0.459 e. The van der Waals surface area contributed by atoms with Gasteiger partial charge in [-0.3, -0.25) is 0 Å². The summed E-state index contributed by atoms with van der Waals surface area (Å²) in [6.45, 7) is 1.67. The van der Waals surface area contributed by atoms with Crippen molar-refractivity contribution in [2.24, 2.45) is 0 Å². The van der Waals surface area contributed by atoms with E-state index < -0.39 is 12.1 Å². The molecule has 2 rings (SSSR count). The van der Waals surface area contributed by atoms with Gasteiger partial charge in [-0.1, -0.05) is 30.3 Å². The second kappa shape index (κ2) is 5.29. The number of carbonyl (C=O) groups is 1. The van der Waals surface area contributed by atoms with Crippen molar-refractivity contribution in [1.82, 2.24) is 4.90 Å². The highest BCUT2D eigenvalue weighted by molar-refractivity contribution is 5.76. The first-order chi connectivity index (χ1) is 8.16. The highest BCUT2D eigenvalue weighted by Crippen LogP contribution is 2.17. The number of hydrogen-bond donors (Lipinski definition) is 1. The number of ether oxygens (including phenoxy) is 1. The summed E-state index contributed by atoms with van der Waals surface area (Å²) in [6.07, 6.45) is -0.433. The molecule has 0 radical (unpaired) electrons. The molecular formula is C13H17NO3. The maximum atomic E-state index is 11.7. The van der Waals surface area contributed by atoms with Crippen LogP contribution in [0.25, 0.3) is 0 Å². The monoisotopic (exact) mass is 235 g/mol. The Kier molecular flexibility index (Phi) is 3.76. The van der Waals surface area contributed by atoms with Crippen LogP contribution in [0.2, 0.25) is 0 Å². The van der Waals surface area contributed by atoms with Crippen molar-refractivity contribution >= 4 is 5.97 Å². The number of rotatable bonds is 3. The van der Waals surface area contributed by atoms with Crippen molar-refractivity contribution in [2.75, 3.05) is 20.1 Å². The zero-order valence-electron chi connectivity index (χ0n) is 9.87. The van der Waals surface area contributed by atoms with Gasteiger partial charge in [0.1, 0.15) is 6.10 Å². The predicted molar refractivity (Wildman–Crippen MR) is 63.4 cm³/mol. The quantitative estimate of drug-likeness (QED) is 0.793. The summed E-state index contributed by atoms with van der Waals surface area (Å²) in [5.74, 6) is -0.559. The summed E-state index contributed by atoms with van der Waals surface area (Å²) < 4.78 is 5.27. The molecule has 0 saturated carbocycles. The second-order valence-electron chi connectivity index (χ2n) is 4.42. The minimum absolute atomic E-state index is 0.0918. The van der Waals surface area contributed by atoms with E-state index in [4.69, 9.17) is 4.74 Å². The van der Waals surface area contributed by atoms with Crippen LogP contribution in [-0.2, 0) is 9.53 Å². The van der Waals surface area contributed by atoms with Crippen LogP contribution < -0.4 is 0 Å². The highest BCUT2D eigenvalue weighted by atomic mass is 16.6. The lowest BCUT2D eigenvalue weighted by Crippen LogP contribution is -2.25. The fourth-order valence-electron chi connectivity index (χ4n) is 1.99. The Morgan fingerprint density at radius 1 is 1.47 bits per heavy atom. The molecule has 1 fully saturated rings. The molecule has 1 aliphatic heterocycles. The summed E-state index contributed by atoms with van der Waals surface area (Å²) in [6, 6.07) is 8.84. The van der Waals surface area contributed by atoms with Gasteiger partial charge in [0.15, 0.2) is 6.10 Å². The Morgan fingerprint density at radius 2 is 2.18 bits per heavy atom. The molecule has 2 unspecified atom stereocenters. The summed E-state index contributed by atoms with van der Waals surface area (Å²) in [5, 5.41) is 9.83. The summed E-state index contributed by atoms with van der Waals surface area (Å²) in [7, 11) is 1.99. The summed E-state index contributed by atoms with van der Waals surface area (Å²) in [4.78, 5) is 13.8. The van der Waals surface area contributed by atoms with Crippen molar-refractivity contribution in [3.05, 3.63) is 35.9 Å². The topological polar surface area (TPSA) is 49.8 Å². The number of hydrogen-bond acceptors (Lipinski definition) is 4. The van der Waals surface area contributed by atoms with Gasteiger partial charge in [-0.15, -0.1) is 0 Å². The lowest BCUT2D eigenvalue weighted by atomic mass is 10.1. The van der Waals surface area contributed by atoms with Gasteiger partial charge in [0.25, 0.3) is 0 Å². The molecule has 17 heavy (non-hydrogen) atoms. The molecule has 0 aliphatic carbocycles. The number of likely N-dealkylation sites (tertiary alicyclic amines) is 1. The van der Waals surface area contributed by atoms with Gasteiger partial charge in [0.05, 0.1) is 0 Å². The van der Waals surface area contributed by atoms with Crippen molar-refractivity contribution in [2.45, 2.75) is 18.6 Å². The van der Waals surface area contributed by atoms with E-state index in [1.165, 1.54) is 0 Å². The van der Waals surface area contributed by atoms with Crippen LogP contribution in [0.15, 0.2) is 30.3 Å². The van der Waals surface area contributed by atoms with E-state index >= 15 is 0 Å². The van der Waals surface area contributed by atoms with Gasteiger partial charge in [-0.05, 0) is 19.0 Å². The fourth-order valence-corrected chi connectivity index (χ4v) is 1.99. The van der Waals surface area contributed by atoms with Crippen molar-refractivity contribution in [3.63, 3.8) is 0 Å². The molecule has 0 bridgehead atoms. The van der Waals surface area contributed by atoms with Crippen molar-refractivity contribution < 1.29 is 14.6 Å². The number of nitrogens with zero attached hydrogens (tertiary/aromatic N) is 1. The minimum atomic E-state index is -1.18. The molecule has 1 aliphatic rings. The first-order valence-electron chi connectivity index (χ1n) is 5.79. The van der Waals surface area contributed by atoms with Crippen LogP contribution in [0.4, 0.5) is 0 Å². The smallest absolute Gasteiger partial charge is 0.339 e. The average molecular weight is 235 g/mol. The Hall–Kier alpha value is -1.39. The molecule has 1 heterocycles. The molecule has 1 N–H and O–H groups in total. The van der Waals surface area contributed by atoms with Crippen LogP contribution in [0, 0.1) is 0 Å². The third kappa shape index (κ3) is 3.05. The maximum absolute atomic E-state index is 11.7. The number of aliphatic hydroxyl groups excluding tert-OH is 1. The molecule has 4 heteroatoms. The van der Waals surface area contributed by atoms with Gasteiger partial charge < -0.3 is 14.7 Å². The molecule has 0 aromatic heterocycles. The van der Waals surface area contributed by atoms with Gasteiger partial charge in [0, 0.05) is 13.1 Å². The van der Waals surface area contributed by atoms with Crippen LogP contribution >= 0.6 is 0 Å². The van der Waals surface area contributed by atoms with E-state index in [-0.39, 0.29) is 6.10 Å². The fraction of sp³-hybridized carbons (Fsp3) is 0.462. The standard InChI is InChI=1S/C13H17NO3/c1-14-8-7-11(9-14)17-13(16)12(15)10-5-3-2-4-6-10/h2-6,11-12,15H,7-9H2,1H3. The molecule has 1 aromatic carbocycles. The zero-order chi connectivity index (χ0) is 12.3.